The molecule has 0 bridgehead atoms. The summed E-state index contributed by atoms with van der Waals surface area (Å²) in [7, 11) is 2.19. The first-order chi connectivity index (χ1) is 9.08. The van der Waals surface area contributed by atoms with Crippen molar-refractivity contribution in [1.29, 1.82) is 0 Å². The van der Waals surface area contributed by atoms with E-state index in [0.29, 0.717) is 6.04 Å². The van der Waals surface area contributed by atoms with Gasteiger partial charge in [0.15, 0.2) is 0 Å². The zero-order valence-corrected chi connectivity index (χ0v) is 12.3. The molecule has 0 aromatic carbocycles. The van der Waals surface area contributed by atoms with E-state index in [4.69, 9.17) is 0 Å². The summed E-state index contributed by atoms with van der Waals surface area (Å²) in [5, 5.41) is 7.14. The topological polar surface area (TPSA) is 40.2 Å². The van der Waals surface area contributed by atoms with Crippen molar-refractivity contribution in [1.82, 2.24) is 20.5 Å². The molecule has 4 nitrogen and oxygen atoms in total. The van der Waals surface area contributed by atoms with E-state index in [1.807, 2.05) is 12.3 Å². The molecule has 0 saturated carbocycles. The molecule has 2 rings (SSSR count). The number of nitrogens with zero attached hydrogens (tertiary/aromatic N) is 2. The second-order valence-corrected chi connectivity index (χ2v) is 6.14. The molecule has 2 heterocycles. The summed E-state index contributed by atoms with van der Waals surface area (Å²) in [6.07, 6.45) is 1.87. The van der Waals surface area contributed by atoms with Crippen LogP contribution < -0.4 is 10.6 Å². The Kier molecular flexibility index (Phi) is 4.91. The summed E-state index contributed by atoms with van der Waals surface area (Å²) in [5.41, 5.74) is 1.22. The Bertz CT molecular complexity index is 377. The smallest absolute Gasteiger partial charge is 0.0472 e. The third-order valence-electron chi connectivity index (χ3n) is 3.77. The fourth-order valence-electron chi connectivity index (χ4n) is 2.54. The lowest BCUT2D eigenvalue weighted by Crippen LogP contribution is -2.54. The number of piperazine rings is 1. The maximum Gasteiger partial charge on any atom is 0.0472 e. The highest BCUT2D eigenvalue weighted by Gasteiger charge is 2.22. The largest absolute Gasteiger partial charge is 0.314 e. The molecule has 1 fully saturated rings. The van der Waals surface area contributed by atoms with Gasteiger partial charge in [-0.25, -0.2) is 0 Å². The zero-order chi connectivity index (χ0) is 13.7. The van der Waals surface area contributed by atoms with Gasteiger partial charge >= 0.3 is 0 Å². The fraction of sp³-hybridized carbons (Fsp3) is 0.667. The molecule has 0 aliphatic carbocycles. The lowest BCUT2D eigenvalue weighted by molar-refractivity contribution is 0.233. The molecule has 2 N–H and O–H groups in total. The fourth-order valence-corrected chi connectivity index (χ4v) is 2.54. The van der Waals surface area contributed by atoms with Crippen LogP contribution in [0.15, 0.2) is 24.4 Å². The number of hydrogen-bond donors (Lipinski definition) is 2. The number of likely N-dealkylation sites (N-methyl/N-ethyl adjacent to an activating group) is 1. The summed E-state index contributed by atoms with van der Waals surface area (Å²) in [6, 6.07) is 6.68. The summed E-state index contributed by atoms with van der Waals surface area (Å²) in [6.45, 7) is 9.80. The lowest BCUT2D eigenvalue weighted by Gasteiger charge is -2.32. The Hall–Kier alpha value is -0.970. The van der Waals surface area contributed by atoms with E-state index in [2.05, 4.69) is 53.5 Å². The van der Waals surface area contributed by atoms with Gasteiger partial charge in [0.25, 0.3) is 0 Å². The minimum Gasteiger partial charge on any atom is -0.314 e. The summed E-state index contributed by atoms with van der Waals surface area (Å²) >= 11 is 0. The Labute approximate surface area is 116 Å². The minimum absolute atomic E-state index is 0.0713. The Balaban J connectivity index is 1.78. The van der Waals surface area contributed by atoms with Gasteiger partial charge in [-0.05, 0) is 19.2 Å². The van der Waals surface area contributed by atoms with Gasteiger partial charge in [0.05, 0.1) is 0 Å². The van der Waals surface area contributed by atoms with Gasteiger partial charge in [0.1, 0.15) is 0 Å². The molecule has 0 amide bonds. The average molecular weight is 262 g/mol. The first kappa shape index (κ1) is 14.4. The second kappa shape index (κ2) is 6.46. The third-order valence-corrected chi connectivity index (χ3v) is 3.77. The second-order valence-electron chi connectivity index (χ2n) is 6.14. The molecule has 1 unspecified atom stereocenters. The van der Waals surface area contributed by atoms with Crippen molar-refractivity contribution < 1.29 is 0 Å². The van der Waals surface area contributed by atoms with E-state index >= 15 is 0 Å². The lowest BCUT2D eigenvalue weighted by atomic mass is 9.88. The van der Waals surface area contributed by atoms with Crippen LogP contribution in [0.25, 0.3) is 0 Å². The SMILES string of the molecule is CN1CCNC(CNCC(C)(C)c2ccccn2)C1. The Morgan fingerprint density at radius 2 is 2.32 bits per heavy atom. The highest BCUT2D eigenvalue weighted by atomic mass is 15.2. The number of nitrogens with one attached hydrogen (secondary N) is 2. The quantitative estimate of drug-likeness (QED) is 0.825. The number of pyridine rings is 1. The molecule has 4 heteroatoms. The molecular weight excluding hydrogens is 236 g/mol. The van der Waals surface area contributed by atoms with E-state index in [1.165, 1.54) is 0 Å². The van der Waals surface area contributed by atoms with Crippen molar-refractivity contribution >= 4 is 0 Å². The first-order valence-corrected chi connectivity index (χ1v) is 7.12. The van der Waals surface area contributed by atoms with Crippen molar-refractivity contribution in [2.45, 2.75) is 25.3 Å². The summed E-state index contributed by atoms with van der Waals surface area (Å²) in [4.78, 5) is 6.85. The van der Waals surface area contributed by atoms with Crippen molar-refractivity contribution in [2.75, 3.05) is 39.8 Å². The molecule has 0 radical (unpaired) electrons. The minimum atomic E-state index is 0.0713. The van der Waals surface area contributed by atoms with Crippen LogP contribution in [-0.4, -0.2) is 55.7 Å². The van der Waals surface area contributed by atoms with Gasteiger partial charge in [0, 0.05) is 56.1 Å². The van der Waals surface area contributed by atoms with E-state index in [1.54, 1.807) is 0 Å². The molecule has 1 aliphatic rings. The normalized spacial score (nSPS) is 21.5. The van der Waals surface area contributed by atoms with E-state index in [0.717, 1.165) is 38.4 Å². The van der Waals surface area contributed by atoms with Crippen LogP contribution in [0.5, 0.6) is 0 Å². The standard InChI is InChI=1S/C15H26N4/c1-15(2,14-6-4-5-7-18-14)12-16-10-13-11-19(3)9-8-17-13/h4-7,13,16-17H,8-12H2,1-3H3. The van der Waals surface area contributed by atoms with Crippen LogP contribution in [0.1, 0.15) is 19.5 Å². The van der Waals surface area contributed by atoms with Gasteiger partial charge in [-0.15, -0.1) is 0 Å². The average Bonchev–Trinajstić information content (AvgIpc) is 2.40. The van der Waals surface area contributed by atoms with Gasteiger partial charge in [0.2, 0.25) is 0 Å². The maximum absolute atomic E-state index is 4.46. The number of aromatic nitrogens is 1. The molecule has 1 aliphatic heterocycles. The van der Waals surface area contributed by atoms with Crippen molar-refractivity contribution in [2.24, 2.45) is 0 Å². The summed E-state index contributed by atoms with van der Waals surface area (Å²) in [5.74, 6) is 0. The van der Waals surface area contributed by atoms with E-state index in [9.17, 15) is 0 Å². The highest BCUT2D eigenvalue weighted by molar-refractivity contribution is 5.14. The third kappa shape index (κ3) is 4.27. The number of rotatable bonds is 5. The molecule has 106 valence electrons. The molecule has 1 atom stereocenters. The maximum atomic E-state index is 4.46. The molecule has 1 aromatic heterocycles. The van der Waals surface area contributed by atoms with Crippen LogP contribution in [-0.2, 0) is 5.41 Å². The summed E-state index contributed by atoms with van der Waals surface area (Å²) < 4.78 is 0. The van der Waals surface area contributed by atoms with Crippen LogP contribution in [0, 0.1) is 0 Å². The van der Waals surface area contributed by atoms with Gasteiger partial charge in [-0.3, -0.25) is 4.98 Å². The van der Waals surface area contributed by atoms with Crippen molar-refractivity contribution in [3.8, 4) is 0 Å². The molecule has 1 saturated heterocycles. The van der Waals surface area contributed by atoms with Gasteiger partial charge < -0.3 is 15.5 Å². The molecular formula is C15H26N4. The van der Waals surface area contributed by atoms with Gasteiger partial charge in [-0.2, -0.15) is 0 Å². The van der Waals surface area contributed by atoms with Crippen LogP contribution >= 0.6 is 0 Å². The number of hydrogen-bond acceptors (Lipinski definition) is 4. The highest BCUT2D eigenvalue weighted by Crippen LogP contribution is 2.19. The van der Waals surface area contributed by atoms with Crippen LogP contribution in [0.2, 0.25) is 0 Å². The molecule has 0 spiro atoms. The zero-order valence-electron chi connectivity index (χ0n) is 12.3. The predicted octanol–water partition coefficient (Wildman–Crippen LogP) is 0.852. The van der Waals surface area contributed by atoms with Crippen molar-refractivity contribution in [3.05, 3.63) is 30.1 Å². The monoisotopic (exact) mass is 262 g/mol. The van der Waals surface area contributed by atoms with Crippen LogP contribution in [0.3, 0.4) is 0 Å². The van der Waals surface area contributed by atoms with Gasteiger partial charge in [-0.1, -0.05) is 19.9 Å². The Morgan fingerprint density at radius 1 is 1.47 bits per heavy atom. The predicted molar refractivity (Wildman–Crippen MR) is 79.4 cm³/mol. The van der Waals surface area contributed by atoms with E-state index in [-0.39, 0.29) is 5.41 Å². The first-order valence-electron chi connectivity index (χ1n) is 7.12. The van der Waals surface area contributed by atoms with Crippen LogP contribution in [0.4, 0.5) is 0 Å². The Morgan fingerprint density at radius 3 is 3.00 bits per heavy atom. The van der Waals surface area contributed by atoms with E-state index < -0.39 is 0 Å². The molecule has 1 aromatic rings. The van der Waals surface area contributed by atoms with Crippen molar-refractivity contribution in [3.63, 3.8) is 0 Å². The molecule has 19 heavy (non-hydrogen) atoms.